The Bertz CT molecular complexity index is 687. The van der Waals surface area contributed by atoms with Gasteiger partial charge < -0.3 is 10.3 Å². The lowest BCUT2D eigenvalue weighted by Gasteiger charge is -2.21. The number of H-pyrrole nitrogens is 1. The third-order valence-electron chi connectivity index (χ3n) is 4.17. The molecule has 110 valence electrons. The van der Waals surface area contributed by atoms with Gasteiger partial charge in [-0.15, -0.1) is 0 Å². The summed E-state index contributed by atoms with van der Waals surface area (Å²) in [6.07, 6.45) is 2.51. The van der Waals surface area contributed by atoms with E-state index >= 15 is 0 Å². The van der Waals surface area contributed by atoms with E-state index in [-0.39, 0.29) is 11.8 Å². The van der Waals surface area contributed by atoms with Crippen LogP contribution in [-0.2, 0) is 17.6 Å². The van der Waals surface area contributed by atoms with Gasteiger partial charge in [0.1, 0.15) is 5.82 Å². The van der Waals surface area contributed by atoms with Crippen molar-refractivity contribution in [2.75, 3.05) is 5.32 Å². The SMILES string of the molecule is Cc1ccc(NC(=O)C2CCc3nc(C)[nH]c3C2)c(C)c1. The fraction of sp³-hybridized carbons (Fsp3) is 0.412. The standard InChI is InChI=1S/C17H21N3O/c1-10-4-6-14(11(2)8-10)20-17(21)13-5-7-15-16(9-13)19-12(3)18-15/h4,6,8,13H,5,7,9H2,1-3H3,(H,18,19)(H,20,21). The predicted octanol–water partition coefficient (Wildman–Crippen LogP) is 3.08. The largest absolute Gasteiger partial charge is 0.346 e. The number of benzene rings is 1. The molecule has 1 amide bonds. The molecule has 0 fully saturated rings. The van der Waals surface area contributed by atoms with Crippen LogP contribution < -0.4 is 5.32 Å². The molecule has 1 aliphatic rings. The van der Waals surface area contributed by atoms with Gasteiger partial charge in [0.15, 0.2) is 0 Å². The highest BCUT2D eigenvalue weighted by Gasteiger charge is 2.27. The van der Waals surface area contributed by atoms with E-state index in [1.165, 1.54) is 5.56 Å². The molecule has 0 aliphatic heterocycles. The van der Waals surface area contributed by atoms with Crippen LogP contribution in [0.5, 0.6) is 0 Å². The van der Waals surface area contributed by atoms with Crippen molar-refractivity contribution in [3.8, 4) is 0 Å². The minimum atomic E-state index is 0.0260. The molecule has 4 nitrogen and oxygen atoms in total. The topological polar surface area (TPSA) is 57.8 Å². The summed E-state index contributed by atoms with van der Waals surface area (Å²) in [5.74, 6) is 1.08. The molecule has 2 aromatic rings. The molecule has 1 atom stereocenters. The lowest BCUT2D eigenvalue weighted by atomic mass is 9.89. The Hall–Kier alpha value is -2.10. The molecular formula is C17H21N3O. The third kappa shape index (κ3) is 2.84. The molecule has 1 aromatic heterocycles. The van der Waals surface area contributed by atoms with E-state index < -0.39 is 0 Å². The summed E-state index contributed by atoms with van der Waals surface area (Å²) in [4.78, 5) is 20.2. The van der Waals surface area contributed by atoms with Gasteiger partial charge in [-0.05, 0) is 45.2 Å². The van der Waals surface area contributed by atoms with E-state index in [0.717, 1.165) is 47.7 Å². The summed E-state index contributed by atoms with van der Waals surface area (Å²) in [7, 11) is 0. The van der Waals surface area contributed by atoms with Crippen LogP contribution in [0.15, 0.2) is 18.2 Å². The summed E-state index contributed by atoms with van der Waals surface area (Å²) in [5, 5.41) is 3.07. The van der Waals surface area contributed by atoms with E-state index in [1.54, 1.807) is 0 Å². The molecule has 1 aliphatic carbocycles. The van der Waals surface area contributed by atoms with Crippen molar-refractivity contribution in [3.63, 3.8) is 0 Å². The van der Waals surface area contributed by atoms with Gasteiger partial charge >= 0.3 is 0 Å². The molecule has 0 spiro atoms. The van der Waals surface area contributed by atoms with Crippen molar-refractivity contribution in [1.82, 2.24) is 9.97 Å². The number of aromatic nitrogens is 2. The Morgan fingerprint density at radius 1 is 1.33 bits per heavy atom. The number of imidazole rings is 1. The Labute approximate surface area is 125 Å². The maximum Gasteiger partial charge on any atom is 0.227 e. The zero-order chi connectivity index (χ0) is 15.0. The maximum atomic E-state index is 12.5. The molecule has 0 radical (unpaired) electrons. The number of hydrogen-bond donors (Lipinski definition) is 2. The van der Waals surface area contributed by atoms with Gasteiger partial charge in [-0.3, -0.25) is 4.79 Å². The lowest BCUT2D eigenvalue weighted by molar-refractivity contribution is -0.120. The number of carbonyl (C=O) groups excluding carboxylic acids is 1. The number of fused-ring (bicyclic) bond motifs is 1. The number of nitrogens with one attached hydrogen (secondary N) is 2. The number of nitrogens with zero attached hydrogens (tertiary/aromatic N) is 1. The van der Waals surface area contributed by atoms with Gasteiger partial charge in [0.2, 0.25) is 5.91 Å². The molecule has 1 aromatic carbocycles. The number of carbonyl (C=O) groups is 1. The number of rotatable bonds is 2. The second-order valence-corrected chi connectivity index (χ2v) is 5.99. The first-order valence-corrected chi connectivity index (χ1v) is 7.45. The summed E-state index contributed by atoms with van der Waals surface area (Å²) >= 11 is 0. The Kier molecular flexibility index (Phi) is 3.53. The van der Waals surface area contributed by atoms with Crippen molar-refractivity contribution in [1.29, 1.82) is 0 Å². The minimum absolute atomic E-state index is 0.0260. The fourth-order valence-electron chi connectivity index (χ4n) is 3.04. The molecular weight excluding hydrogens is 262 g/mol. The van der Waals surface area contributed by atoms with E-state index in [1.807, 2.05) is 26.0 Å². The van der Waals surface area contributed by atoms with E-state index in [0.29, 0.717) is 0 Å². The quantitative estimate of drug-likeness (QED) is 0.890. The molecule has 21 heavy (non-hydrogen) atoms. The van der Waals surface area contributed by atoms with Gasteiger partial charge in [-0.2, -0.15) is 0 Å². The Morgan fingerprint density at radius 3 is 2.90 bits per heavy atom. The first-order chi connectivity index (χ1) is 10.0. The molecule has 0 bridgehead atoms. The molecule has 0 saturated carbocycles. The van der Waals surface area contributed by atoms with Crippen LogP contribution >= 0.6 is 0 Å². The number of aryl methyl sites for hydroxylation is 4. The van der Waals surface area contributed by atoms with Gasteiger partial charge in [0.25, 0.3) is 0 Å². The van der Waals surface area contributed by atoms with Crippen LogP contribution in [0.1, 0.15) is 34.8 Å². The second kappa shape index (κ2) is 5.35. The second-order valence-electron chi connectivity index (χ2n) is 5.99. The molecule has 1 unspecified atom stereocenters. The van der Waals surface area contributed by atoms with Crippen molar-refractivity contribution in [3.05, 3.63) is 46.5 Å². The Balaban J connectivity index is 1.72. The first-order valence-electron chi connectivity index (χ1n) is 7.45. The highest BCUT2D eigenvalue weighted by molar-refractivity contribution is 5.93. The molecule has 3 rings (SSSR count). The first kappa shape index (κ1) is 13.9. The van der Waals surface area contributed by atoms with Crippen molar-refractivity contribution < 1.29 is 4.79 Å². The minimum Gasteiger partial charge on any atom is -0.346 e. The van der Waals surface area contributed by atoms with E-state index in [4.69, 9.17) is 0 Å². The Morgan fingerprint density at radius 2 is 2.14 bits per heavy atom. The van der Waals surface area contributed by atoms with Crippen molar-refractivity contribution >= 4 is 11.6 Å². The summed E-state index contributed by atoms with van der Waals surface area (Å²) in [6, 6.07) is 6.10. The number of anilines is 1. The van der Waals surface area contributed by atoms with Crippen LogP contribution in [-0.4, -0.2) is 15.9 Å². The molecule has 0 saturated heterocycles. The van der Waals surface area contributed by atoms with Crippen LogP contribution in [0.2, 0.25) is 0 Å². The predicted molar refractivity (Wildman–Crippen MR) is 83.4 cm³/mol. The fourth-order valence-corrected chi connectivity index (χ4v) is 3.04. The van der Waals surface area contributed by atoms with Crippen molar-refractivity contribution in [2.45, 2.75) is 40.0 Å². The van der Waals surface area contributed by atoms with Gasteiger partial charge in [-0.25, -0.2) is 4.98 Å². The average Bonchev–Trinajstić information content (AvgIpc) is 2.80. The average molecular weight is 283 g/mol. The van der Waals surface area contributed by atoms with Crippen LogP contribution in [0.3, 0.4) is 0 Å². The smallest absolute Gasteiger partial charge is 0.227 e. The van der Waals surface area contributed by atoms with Crippen LogP contribution in [0.4, 0.5) is 5.69 Å². The zero-order valence-electron chi connectivity index (χ0n) is 12.8. The summed E-state index contributed by atoms with van der Waals surface area (Å²) < 4.78 is 0. The third-order valence-corrected chi connectivity index (χ3v) is 4.17. The van der Waals surface area contributed by atoms with E-state index in [9.17, 15) is 4.79 Å². The maximum absolute atomic E-state index is 12.5. The number of hydrogen-bond acceptors (Lipinski definition) is 2. The van der Waals surface area contributed by atoms with E-state index in [2.05, 4.69) is 28.3 Å². The monoisotopic (exact) mass is 283 g/mol. The number of amides is 1. The van der Waals surface area contributed by atoms with Gasteiger partial charge in [-0.1, -0.05) is 17.7 Å². The summed E-state index contributed by atoms with van der Waals surface area (Å²) in [5.41, 5.74) is 5.48. The lowest BCUT2D eigenvalue weighted by Crippen LogP contribution is -2.28. The highest BCUT2D eigenvalue weighted by atomic mass is 16.1. The zero-order valence-corrected chi connectivity index (χ0v) is 12.8. The normalized spacial score (nSPS) is 17.4. The van der Waals surface area contributed by atoms with Gasteiger partial charge in [0.05, 0.1) is 5.69 Å². The number of aromatic amines is 1. The van der Waals surface area contributed by atoms with Crippen molar-refractivity contribution in [2.24, 2.45) is 5.92 Å². The van der Waals surface area contributed by atoms with Gasteiger partial charge in [0, 0.05) is 23.7 Å². The van der Waals surface area contributed by atoms with Crippen LogP contribution in [0.25, 0.3) is 0 Å². The summed E-state index contributed by atoms with van der Waals surface area (Å²) in [6.45, 7) is 6.05. The molecule has 4 heteroatoms. The highest BCUT2D eigenvalue weighted by Crippen LogP contribution is 2.25. The van der Waals surface area contributed by atoms with Crippen LogP contribution in [0, 0.1) is 26.7 Å². The molecule has 2 N–H and O–H groups in total. The molecule has 1 heterocycles.